The average Bonchev–Trinajstić information content (AvgIpc) is 2.86. The lowest BCUT2D eigenvalue weighted by Gasteiger charge is -2.27. The van der Waals surface area contributed by atoms with Gasteiger partial charge >= 0.3 is 0 Å². The molecule has 5 nitrogen and oxygen atoms in total. The standard InChI is InChI=1S/C19H31N5S/c1-22-7-2-8-23(10-9-22)16-18-5-3-17(4-6-18)15-21-19(20)24-11-13-25-14-12-24/h3-6H,2,7-16H2,1H3,(H2,20,21). The summed E-state index contributed by atoms with van der Waals surface area (Å²) < 4.78 is 0. The molecule has 0 saturated carbocycles. The molecule has 2 aliphatic heterocycles. The summed E-state index contributed by atoms with van der Waals surface area (Å²) in [5.41, 5.74) is 8.75. The predicted molar refractivity (Wildman–Crippen MR) is 108 cm³/mol. The van der Waals surface area contributed by atoms with Crippen LogP contribution in [0, 0.1) is 0 Å². The minimum Gasteiger partial charge on any atom is -0.370 e. The molecule has 6 heteroatoms. The zero-order valence-corrected chi connectivity index (χ0v) is 16.2. The molecule has 25 heavy (non-hydrogen) atoms. The van der Waals surface area contributed by atoms with Crippen LogP contribution in [0.1, 0.15) is 17.5 Å². The second-order valence-corrected chi connectivity index (χ2v) is 8.25. The molecule has 2 heterocycles. The SMILES string of the molecule is CN1CCCN(Cc2ccc(CN=C(N)N3CCSCC3)cc2)CC1. The first-order chi connectivity index (χ1) is 12.2. The molecule has 0 unspecified atom stereocenters. The van der Waals surface area contributed by atoms with Gasteiger partial charge in [-0.1, -0.05) is 24.3 Å². The average molecular weight is 362 g/mol. The van der Waals surface area contributed by atoms with Gasteiger partial charge in [0.15, 0.2) is 5.96 Å². The van der Waals surface area contributed by atoms with E-state index in [1.165, 1.54) is 37.2 Å². The quantitative estimate of drug-likeness (QED) is 0.653. The molecule has 2 aliphatic rings. The van der Waals surface area contributed by atoms with Gasteiger partial charge in [-0.15, -0.1) is 0 Å². The van der Waals surface area contributed by atoms with E-state index in [1.54, 1.807) is 0 Å². The van der Waals surface area contributed by atoms with E-state index in [1.807, 2.05) is 11.8 Å². The van der Waals surface area contributed by atoms with Gasteiger partial charge in [-0.25, -0.2) is 4.99 Å². The minimum absolute atomic E-state index is 0.671. The molecule has 0 atom stereocenters. The van der Waals surface area contributed by atoms with Gasteiger partial charge in [0, 0.05) is 44.2 Å². The number of aliphatic imine (C=N–C) groups is 1. The molecule has 2 fully saturated rings. The predicted octanol–water partition coefficient (Wildman–Crippen LogP) is 1.69. The van der Waals surface area contributed by atoms with Crippen LogP contribution in [0.5, 0.6) is 0 Å². The summed E-state index contributed by atoms with van der Waals surface area (Å²) in [7, 11) is 2.22. The fourth-order valence-corrected chi connectivity index (χ4v) is 4.23. The van der Waals surface area contributed by atoms with E-state index in [4.69, 9.17) is 5.73 Å². The van der Waals surface area contributed by atoms with Gasteiger partial charge in [0.25, 0.3) is 0 Å². The van der Waals surface area contributed by atoms with Crippen LogP contribution in [0.2, 0.25) is 0 Å². The Morgan fingerprint density at radius 2 is 1.72 bits per heavy atom. The number of hydrogen-bond donors (Lipinski definition) is 1. The van der Waals surface area contributed by atoms with Gasteiger partial charge in [0.1, 0.15) is 0 Å². The molecule has 0 amide bonds. The third kappa shape index (κ3) is 5.90. The van der Waals surface area contributed by atoms with Crippen molar-refractivity contribution in [2.45, 2.75) is 19.5 Å². The van der Waals surface area contributed by atoms with Crippen LogP contribution in [-0.2, 0) is 13.1 Å². The highest BCUT2D eigenvalue weighted by molar-refractivity contribution is 7.99. The van der Waals surface area contributed by atoms with E-state index in [0.717, 1.165) is 37.7 Å². The van der Waals surface area contributed by atoms with Crippen molar-refractivity contribution >= 4 is 17.7 Å². The molecule has 0 radical (unpaired) electrons. The van der Waals surface area contributed by atoms with Gasteiger partial charge in [0.2, 0.25) is 0 Å². The lowest BCUT2D eigenvalue weighted by atomic mass is 10.1. The second kappa shape index (κ2) is 9.46. The second-order valence-electron chi connectivity index (χ2n) is 7.02. The first kappa shape index (κ1) is 18.5. The zero-order chi connectivity index (χ0) is 17.5. The molecule has 1 aromatic carbocycles. The zero-order valence-electron chi connectivity index (χ0n) is 15.4. The highest BCUT2D eigenvalue weighted by Gasteiger charge is 2.13. The summed E-state index contributed by atoms with van der Waals surface area (Å²) in [6.07, 6.45) is 1.26. The van der Waals surface area contributed by atoms with E-state index in [9.17, 15) is 0 Å². The van der Waals surface area contributed by atoms with E-state index < -0.39 is 0 Å². The van der Waals surface area contributed by atoms with Crippen LogP contribution in [0.3, 0.4) is 0 Å². The van der Waals surface area contributed by atoms with Crippen LogP contribution in [0.25, 0.3) is 0 Å². The highest BCUT2D eigenvalue weighted by Crippen LogP contribution is 2.12. The minimum atomic E-state index is 0.671. The van der Waals surface area contributed by atoms with E-state index in [0.29, 0.717) is 12.5 Å². The van der Waals surface area contributed by atoms with Crippen molar-refractivity contribution < 1.29 is 0 Å². The monoisotopic (exact) mass is 361 g/mol. The Bertz CT molecular complexity index is 553. The molecule has 0 aromatic heterocycles. The Labute approximate surface area is 156 Å². The van der Waals surface area contributed by atoms with Crippen molar-refractivity contribution in [1.82, 2.24) is 14.7 Å². The molecular weight excluding hydrogens is 330 g/mol. The number of benzene rings is 1. The summed E-state index contributed by atoms with van der Waals surface area (Å²) >= 11 is 1.99. The number of rotatable bonds is 4. The number of nitrogens with zero attached hydrogens (tertiary/aromatic N) is 4. The normalized spacial score (nSPS) is 21.3. The summed E-state index contributed by atoms with van der Waals surface area (Å²) in [4.78, 5) is 11.8. The lowest BCUT2D eigenvalue weighted by Crippen LogP contribution is -2.42. The van der Waals surface area contributed by atoms with Crippen molar-refractivity contribution in [2.75, 3.05) is 57.8 Å². The van der Waals surface area contributed by atoms with Gasteiger partial charge in [-0.05, 0) is 37.7 Å². The maximum atomic E-state index is 6.13. The molecule has 0 spiro atoms. The third-order valence-electron chi connectivity index (χ3n) is 5.00. The highest BCUT2D eigenvalue weighted by atomic mass is 32.2. The Hall–Kier alpha value is -1.24. The van der Waals surface area contributed by atoms with Crippen LogP contribution < -0.4 is 5.73 Å². The number of thioether (sulfide) groups is 1. The molecule has 0 bridgehead atoms. The maximum absolute atomic E-state index is 6.13. The maximum Gasteiger partial charge on any atom is 0.191 e. The largest absolute Gasteiger partial charge is 0.370 e. The molecule has 2 saturated heterocycles. The Kier molecular flexibility index (Phi) is 7.02. The topological polar surface area (TPSA) is 48.1 Å². The molecule has 2 N–H and O–H groups in total. The number of nitrogens with two attached hydrogens (primary N) is 1. The fraction of sp³-hybridized carbons (Fsp3) is 0.632. The number of likely N-dealkylation sites (N-methyl/N-ethyl adjacent to an activating group) is 1. The third-order valence-corrected chi connectivity index (χ3v) is 5.94. The van der Waals surface area contributed by atoms with Crippen molar-refractivity contribution in [3.63, 3.8) is 0 Å². The van der Waals surface area contributed by atoms with Crippen molar-refractivity contribution in [3.05, 3.63) is 35.4 Å². The van der Waals surface area contributed by atoms with E-state index in [-0.39, 0.29) is 0 Å². The van der Waals surface area contributed by atoms with Crippen molar-refractivity contribution in [1.29, 1.82) is 0 Å². The van der Waals surface area contributed by atoms with Gasteiger partial charge in [-0.2, -0.15) is 11.8 Å². The first-order valence-electron chi connectivity index (χ1n) is 9.32. The van der Waals surface area contributed by atoms with E-state index in [2.05, 4.69) is 51.0 Å². The molecule has 0 aliphatic carbocycles. The van der Waals surface area contributed by atoms with Crippen molar-refractivity contribution in [2.24, 2.45) is 10.7 Å². The summed E-state index contributed by atoms with van der Waals surface area (Å²) in [5, 5.41) is 0. The molecule has 138 valence electrons. The van der Waals surface area contributed by atoms with Crippen LogP contribution in [0.4, 0.5) is 0 Å². The smallest absolute Gasteiger partial charge is 0.191 e. The Balaban J connectivity index is 1.49. The molecular formula is C19H31N5S. The molecule has 1 aromatic rings. The lowest BCUT2D eigenvalue weighted by molar-refractivity contribution is 0.269. The summed E-state index contributed by atoms with van der Waals surface area (Å²) in [5.74, 6) is 2.99. The van der Waals surface area contributed by atoms with Crippen LogP contribution in [-0.4, -0.2) is 78.5 Å². The Morgan fingerprint density at radius 1 is 1.00 bits per heavy atom. The molecule has 3 rings (SSSR count). The van der Waals surface area contributed by atoms with Gasteiger partial charge < -0.3 is 15.5 Å². The van der Waals surface area contributed by atoms with Gasteiger partial charge in [-0.3, -0.25) is 4.90 Å². The summed E-state index contributed by atoms with van der Waals surface area (Å²) in [6, 6.07) is 8.88. The first-order valence-corrected chi connectivity index (χ1v) is 10.5. The van der Waals surface area contributed by atoms with E-state index >= 15 is 0 Å². The number of hydrogen-bond acceptors (Lipinski definition) is 4. The van der Waals surface area contributed by atoms with Crippen LogP contribution >= 0.6 is 11.8 Å². The van der Waals surface area contributed by atoms with Crippen molar-refractivity contribution in [3.8, 4) is 0 Å². The van der Waals surface area contributed by atoms with Crippen LogP contribution in [0.15, 0.2) is 29.3 Å². The van der Waals surface area contributed by atoms with Gasteiger partial charge in [0.05, 0.1) is 6.54 Å². The Morgan fingerprint density at radius 3 is 2.48 bits per heavy atom. The number of guanidine groups is 1. The summed E-state index contributed by atoms with van der Waals surface area (Å²) in [6.45, 7) is 8.49. The fourth-order valence-electron chi connectivity index (χ4n) is 3.33.